The molecule has 2 aromatic carbocycles. The van der Waals surface area contributed by atoms with E-state index >= 15 is 0 Å². The van der Waals surface area contributed by atoms with Crippen LogP contribution in [0.5, 0.6) is 5.75 Å². The van der Waals surface area contributed by atoms with Crippen molar-refractivity contribution in [3.05, 3.63) is 65.4 Å². The number of ether oxygens (including phenoxy) is 1. The summed E-state index contributed by atoms with van der Waals surface area (Å²) in [6.07, 6.45) is 1.89. The van der Waals surface area contributed by atoms with Crippen LogP contribution >= 0.6 is 11.3 Å². The number of para-hydroxylation sites is 2. The molecule has 1 atom stereocenters. The number of hydrogen-bond acceptors (Lipinski definition) is 7. The fourth-order valence-electron chi connectivity index (χ4n) is 3.63. The second-order valence-electron chi connectivity index (χ2n) is 7.10. The van der Waals surface area contributed by atoms with Gasteiger partial charge in [0.25, 0.3) is 0 Å². The maximum Gasteiger partial charge on any atom is 0.246 e. The molecule has 8 nitrogen and oxygen atoms in total. The van der Waals surface area contributed by atoms with E-state index in [1.54, 1.807) is 11.3 Å². The molecular weight excluding hydrogens is 400 g/mol. The summed E-state index contributed by atoms with van der Waals surface area (Å²) in [5.74, 6) is 1.15. The van der Waals surface area contributed by atoms with Crippen LogP contribution in [0, 0.1) is 0 Å². The van der Waals surface area contributed by atoms with E-state index in [1.165, 1.54) is 4.80 Å². The van der Waals surface area contributed by atoms with Gasteiger partial charge in [-0.1, -0.05) is 30.3 Å². The van der Waals surface area contributed by atoms with Gasteiger partial charge in [0.2, 0.25) is 11.7 Å². The number of likely N-dealkylation sites (tertiary alicyclic amines) is 1. The van der Waals surface area contributed by atoms with Crippen molar-refractivity contribution in [3.8, 4) is 5.75 Å². The zero-order chi connectivity index (χ0) is 20.3. The van der Waals surface area contributed by atoms with Gasteiger partial charge in [0.15, 0.2) is 6.61 Å². The summed E-state index contributed by atoms with van der Waals surface area (Å²) in [6.45, 7) is 0.980. The molecule has 0 aliphatic carbocycles. The van der Waals surface area contributed by atoms with E-state index in [0.717, 1.165) is 40.4 Å². The summed E-state index contributed by atoms with van der Waals surface area (Å²) in [5.41, 5.74) is 0.984. The van der Waals surface area contributed by atoms with Gasteiger partial charge in [-0.15, -0.1) is 21.5 Å². The largest absolute Gasteiger partial charge is 0.485 e. The molecule has 0 unspecified atom stereocenters. The van der Waals surface area contributed by atoms with Gasteiger partial charge in [-0.2, -0.15) is 4.80 Å². The molecule has 1 aliphatic rings. The second-order valence-corrected chi connectivity index (χ2v) is 8.17. The fraction of sp³-hybridized carbons (Fsp3) is 0.286. The average Bonchev–Trinajstić information content (AvgIpc) is 3.51. The predicted octanol–water partition coefficient (Wildman–Crippen LogP) is 3.23. The Morgan fingerprint density at radius 3 is 2.83 bits per heavy atom. The number of rotatable bonds is 6. The van der Waals surface area contributed by atoms with Crippen LogP contribution < -0.4 is 4.74 Å². The summed E-state index contributed by atoms with van der Waals surface area (Å²) in [7, 11) is 0. The lowest BCUT2D eigenvalue weighted by atomic mass is 10.2. The Bertz CT molecular complexity index is 1130. The van der Waals surface area contributed by atoms with Crippen molar-refractivity contribution in [1.29, 1.82) is 0 Å². The highest BCUT2D eigenvalue weighted by atomic mass is 32.1. The van der Waals surface area contributed by atoms with Gasteiger partial charge in [0, 0.05) is 6.54 Å². The molecule has 4 aromatic rings. The standard InChI is InChI=1S/C21H20N6O2S/c28-20(13-27-24-19(23-25-27)14-29-15-7-2-1-3-8-15)26-12-6-10-17(26)21-22-16-9-4-5-11-18(16)30-21/h1-5,7-9,11,17H,6,10,12-14H2/t17-/m1/s1. The van der Waals surface area contributed by atoms with Gasteiger partial charge >= 0.3 is 0 Å². The van der Waals surface area contributed by atoms with Crippen LogP contribution in [-0.4, -0.2) is 42.5 Å². The third-order valence-corrected chi connectivity index (χ3v) is 6.19. The van der Waals surface area contributed by atoms with Crippen LogP contribution in [0.4, 0.5) is 0 Å². The molecule has 0 radical (unpaired) electrons. The highest BCUT2D eigenvalue weighted by Crippen LogP contribution is 2.36. The Morgan fingerprint density at radius 1 is 1.13 bits per heavy atom. The van der Waals surface area contributed by atoms with Crippen molar-refractivity contribution in [2.24, 2.45) is 0 Å². The number of benzene rings is 2. The molecule has 1 saturated heterocycles. The number of hydrogen-bond donors (Lipinski definition) is 0. The van der Waals surface area contributed by atoms with E-state index in [4.69, 9.17) is 9.72 Å². The van der Waals surface area contributed by atoms with E-state index < -0.39 is 0 Å². The Morgan fingerprint density at radius 2 is 1.97 bits per heavy atom. The zero-order valence-electron chi connectivity index (χ0n) is 16.2. The van der Waals surface area contributed by atoms with Crippen LogP contribution in [-0.2, 0) is 17.9 Å². The minimum absolute atomic E-state index is 0.0132. The average molecular weight is 420 g/mol. The number of thiazole rings is 1. The first-order valence-electron chi connectivity index (χ1n) is 9.86. The molecule has 2 aromatic heterocycles. The third kappa shape index (κ3) is 3.88. The van der Waals surface area contributed by atoms with Gasteiger partial charge in [-0.25, -0.2) is 4.98 Å². The minimum atomic E-state index is -0.0234. The van der Waals surface area contributed by atoms with E-state index in [-0.39, 0.29) is 25.1 Å². The van der Waals surface area contributed by atoms with Gasteiger partial charge in [0.1, 0.15) is 17.3 Å². The number of carbonyl (C=O) groups is 1. The van der Waals surface area contributed by atoms with Gasteiger partial charge in [-0.05, 0) is 42.3 Å². The van der Waals surface area contributed by atoms with Crippen LogP contribution in [0.15, 0.2) is 54.6 Å². The minimum Gasteiger partial charge on any atom is -0.485 e. The molecule has 0 spiro atoms. The third-order valence-electron chi connectivity index (χ3n) is 5.05. The fourth-order valence-corrected chi connectivity index (χ4v) is 4.75. The van der Waals surface area contributed by atoms with Gasteiger partial charge < -0.3 is 9.64 Å². The normalized spacial score (nSPS) is 16.3. The molecule has 30 heavy (non-hydrogen) atoms. The lowest BCUT2D eigenvalue weighted by Gasteiger charge is -2.22. The number of amides is 1. The molecular formula is C21H20N6O2S. The maximum absolute atomic E-state index is 12.9. The molecule has 3 heterocycles. The van der Waals surface area contributed by atoms with Crippen LogP contribution in [0.3, 0.4) is 0 Å². The molecule has 0 N–H and O–H groups in total. The summed E-state index contributed by atoms with van der Waals surface area (Å²) >= 11 is 1.66. The van der Waals surface area contributed by atoms with E-state index in [9.17, 15) is 4.79 Å². The van der Waals surface area contributed by atoms with Gasteiger partial charge in [0.05, 0.1) is 16.3 Å². The number of aromatic nitrogens is 5. The molecule has 9 heteroatoms. The maximum atomic E-state index is 12.9. The molecule has 1 fully saturated rings. The van der Waals surface area contributed by atoms with Gasteiger partial charge in [-0.3, -0.25) is 4.79 Å². The number of carbonyl (C=O) groups excluding carboxylic acids is 1. The van der Waals surface area contributed by atoms with Crippen molar-refractivity contribution < 1.29 is 9.53 Å². The van der Waals surface area contributed by atoms with Crippen molar-refractivity contribution in [2.75, 3.05) is 6.54 Å². The molecule has 5 rings (SSSR count). The highest BCUT2D eigenvalue weighted by molar-refractivity contribution is 7.18. The monoisotopic (exact) mass is 420 g/mol. The Balaban J connectivity index is 1.24. The SMILES string of the molecule is O=C(Cn1nnc(COc2ccccc2)n1)N1CCC[C@@H]1c1nc2ccccc2s1. The second kappa shape index (κ2) is 8.19. The number of nitrogens with zero attached hydrogens (tertiary/aromatic N) is 6. The van der Waals surface area contributed by atoms with Crippen molar-refractivity contribution in [2.45, 2.75) is 32.0 Å². The summed E-state index contributed by atoms with van der Waals surface area (Å²) < 4.78 is 6.78. The van der Waals surface area contributed by atoms with Crippen molar-refractivity contribution >= 4 is 27.5 Å². The molecule has 1 aliphatic heterocycles. The number of fused-ring (bicyclic) bond motifs is 1. The van der Waals surface area contributed by atoms with E-state index in [1.807, 2.05) is 53.4 Å². The summed E-state index contributed by atoms with van der Waals surface area (Å²) in [4.78, 5) is 20.9. The smallest absolute Gasteiger partial charge is 0.246 e. The lowest BCUT2D eigenvalue weighted by Crippen LogP contribution is -2.34. The first-order chi connectivity index (χ1) is 14.8. The lowest BCUT2D eigenvalue weighted by molar-refractivity contribution is -0.133. The molecule has 1 amide bonds. The van der Waals surface area contributed by atoms with E-state index in [0.29, 0.717) is 5.82 Å². The van der Waals surface area contributed by atoms with Crippen molar-refractivity contribution in [3.63, 3.8) is 0 Å². The number of tetrazole rings is 1. The summed E-state index contributed by atoms with van der Waals surface area (Å²) in [6, 6.07) is 17.5. The van der Waals surface area contributed by atoms with Crippen LogP contribution in [0.2, 0.25) is 0 Å². The Hall–Kier alpha value is -3.33. The van der Waals surface area contributed by atoms with Crippen molar-refractivity contribution in [1.82, 2.24) is 30.1 Å². The van der Waals surface area contributed by atoms with E-state index in [2.05, 4.69) is 21.5 Å². The zero-order valence-corrected chi connectivity index (χ0v) is 17.0. The molecule has 0 bridgehead atoms. The topological polar surface area (TPSA) is 86.0 Å². The Kier molecular flexibility index (Phi) is 5.10. The first kappa shape index (κ1) is 18.7. The van der Waals surface area contributed by atoms with Crippen LogP contribution in [0.25, 0.3) is 10.2 Å². The highest BCUT2D eigenvalue weighted by Gasteiger charge is 2.32. The predicted molar refractivity (Wildman–Crippen MR) is 112 cm³/mol. The Labute approximate surface area is 177 Å². The first-order valence-corrected chi connectivity index (χ1v) is 10.7. The summed E-state index contributed by atoms with van der Waals surface area (Å²) in [5, 5.41) is 13.3. The quantitative estimate of drug-likeness (QED) is 0.476. The molecule has 0 saturated carbocycles. The molecule has 152 valence electrons. The van der Waals surface area contributed by atoms with Crippen LogP contribution in [0.1, 0.15) is 29.7 Å².